The molecular weight excluding hydrogens is 295 g/mol. The minimum absolute atomic E-state index is 0.0764. The fourth-order valence-electron chi connectivity index (χ4n) is 2.79. The normalized spacial score (nSPS) is 18.0. The maximum Gasteiger partial charge on any atom is 0.250 e. The molecule has 23 heavy (non-hydrogen) atoms. The summed E-state index contributed by atoms with van der Waals surface area (Å²) in [4.78, 5) is 15.2. The van der Waals surface area contributed by atoms with E-state index >= 15 is 0 Å². The molecule has 3 rings (SSSR count). The highest BCUT2D eigenvalue weighted by Crippen LogP contribution is 2.22. The predicted molar refractivity (Wildman–Crippen MR) is 86.2 cm³/mol. The van der Waals surface area contributed by atoms with Gasteiger partial charge < -0.3 is 9.64 Å². The van der Waals surface area contributed by atoms with Crippen molar-refractivity contribution in [2.24, 2.45) is 0 Å². The van der Waals surface area contributed by atoms with Gasteiger partial charge in [-0.2, -0.15) is 0 Å². The zero-order valence-corrected chi connectivity index (χ0v) is 13.5. The summed E-state index contributed by atoms with van der Waals surface area (Å²) < 4.78 is 19.4. The lowest BCUT2D eigenvalue weighted by Crippen LogP contribution is -2.42. The first-order valence-corrected chi connectivity index (χ1v) is 8.02. The van der Waals surface area contributed by atoms with E-state index in [9.17, 15) is 4.39 Å². The number of hydrogen-bond donors (Lipinski definition) is 0. The van der Waals surface area contributed by atoms with Crippen molar-refractivity contribution >= 4 is 5.82 Å². The summed E-state index contributed by atoms with van der Waals surface area (Å²) in [5, 5.41) is 0. The largest absolute Gasteiger partial charge is 0.470 e. The lowest BCUT2D eigenvalue weighted by molar-refractivity contribution is 0.164. The van der Waals surface area contributed by atoms with Crippen LogP contribution in [0.1, 0.15) is 31.3 Å². The third kappa shape index (κ3) is 3.75. The van der Waals surface area contributed by atoms with E-state index in [0.717, 1.165) is 43.1 Å². The molecule has 2 aromatic heterocycles. The van der Waals surface area contributed by atoms with Gasteiger partial charge in [0.15, 0.2) is 5.82 Å². The van der Waals surface area contributed by atoms with E-state index in [4.69, 9.17) is 4.74 Å². The Morgan fingerprint density at radius 1 is 1.39 bits per heavy atom. The molecule has 6 heteroatoms. The van der Waals surface area contributed by atoms with E-state index in [1.807, 2.05) is 19.9 Å². The molecule has 122 valence electrons. The Morgan fingerprint density at radius 2 is 2.26 bits per heavy atom. The topological polar surface area (TPSA) is 51.1 Å². The Labute approximate surface area is 135 Å². The minimum Gasteiger partial charge on any atom is -0.470 e. The lowest BCUT2D eigenvalue weighted by Gasteiger charge is -2.33. The Bertz CT molecular complexity index is 679. The third-order valence-electron chi connectivity index (χ3n) is 3.91. The summed E-state index contributed by atoms with van der Waals surface area (Å²) in [5.41, 5.74) is 0.964. The Hall–Kier alpha value is -2.24. The molecule has 0 bridgehead atoms. The molecule has 1 unspecified atom stereocenters. The van der Waals surface area contributed by atoms with E-state index in [1.54, 1.807) is 12.3 Å². The smallest absolute Gasteiger partial charge is 0.250 e. The highest BCUT2D eigenvalue weighted by atomic mass is 19.1. The molecule has 1 saturated heterocycles. The van der Waals surface area contributed by atoms with Crippen molar-refractivity contribution in [1.29, 1.82) is 0 Å². The van der Waals surface area contributed by atoms with Gasteiger partial charge in [0.25, 0.3) is 5.88 Å². The highest BCUT2D eigenvalue weighted by molar-refractivity contribution is 5.40. The maximum absolute atomic E-state index is 13.7. The summed E-state index contributed by atoms with van der Waals surface area (Å²) >= 11 is 0. The van der Waals surface area contributed by atoms with Crippen LogP contribution in [0.3, 0.4) is 0 Å². The molecule has 0 saturated carbocycles. The first-order chi connectivity index (χ1) is 11.2. The molecule has 2 aromatic rings. The van der Waals surface area contributed by atoms with E-state index in [2.05, 4.69) is 19.9 Å². The molecule has 0 spiro atoms. The monoisotopic (exact) mass is 316 g/mol. The standard InChI is InChI=1S/C17H21FN4O/c1-3-15-20-12(2)10-16(21-15)22-9-5-6-13(11-22)23-17-14(18)7-4-8-19-17/h4,7-8,10,13H,3,5-6,9,11H2,1-2H3. The van der Waals surface area contributed by atoms with E-state index < -0.39 is 5.82 Å². The van der Waals surface area contributed by atoms with Crippen molar-refractivity contribution < 1.29 is 9.13 Å². The van der Waals surface area contributed by atoms with Gasteiger partial charge >= 0.3 is 0 Å². The molecule has 5 nitrogen and oxygen atoms in total. The van der Waals surface area contributed by atoms with Gasteiger partial charge in [0.05, 0.1) is 6.54 Å². The van der Waals surface area contributed by atoms with Crippen LogP contribution >= 0.6 is 0 Å². The number of hydrogen-bond acceptors (Lipinski definition) is 5. The molecule has 3 heterocycles. The maximum atomic E-state index is 13.7. The van der Waals surface area contributed by atoms with Gasteiger partial charge in [-0.3, -0.25) is 0 Å². The molecule has 0 N–H and O–H groups in total. The average Bonchev–Trinajstić information content (AvgIpc) is 2.56. The molecule has 0 radical (unpaired) electrons. The minimum atomic E-state index is -0.421. The highest BCUT2D eigenvalue weighted by Gasteiger charge is 2.24. The summed E-state index contributed by atoms with van der Waals surface area (Å²) in [6.07, 6.45) is 4.12. The SMILES string of the molecule is CCc1nc(C)cc(N2CCCC(Oc3ncccc3F)C2)n1. The second-order valence-corrected chi connectivity index (χ2v) is 5.76. The van der Waals surface area contributed by atoms with Gasteiger partial charge in [0.2, 0.25) is 0 Å². The van der Waals surface area contributed by atoms with Gasteiger partial charge in [-0.05, 0) is 31.9 Å². The molecule has 1 fully saturated rings. The van der Waals surface area contributed by atoms with Crippen LogP contribution in [-0.4, -0.2) is 34.1 Å². The number of piperidine rings is 1. The fourth-order valence-corrected chi connectivity index (χ4v) is 2.79. The number of aromatic nitrogens is 3. The number of halogens is 1. The number of ether oxygens (including phenoxy) is 1. The van der Waals surface area contributed by atoms with E-state index in [1.165, 1.54) is 6.07 Å². The van der Waals surface area contributed by atoms with Crippen LogP contribution in [0.5, 0.6) is 5.88 Å². The van der Waals surface area contributed by atoms with Crippen molar-refractivity contribution in [2.45, 2.75) is 39.2 Å². The zero-order valence-electron chi connectivity index (χ0n) is 13.5. The van der Waals surface area contributed by atoms with Gasteiger partial charge in [0, 0.05) is 30.9 Å². The van der Waals surface area contributed by atoms with Gasteiger partial charge in [0.1, 0.15) is 17.7 Å². The van der Waals surface area contributed by atoms with E-state index in [0.29, 0.717) is 6.54 Å². The molecule has 0 amide bonds. The van der Waals surface area contributed by atoms with Crippen molar-refractivity contribution in [2.75, 3.05) is 18.0 Å². The number of pyridine rings is 1. The molecule has 1 aliphatic heterocycles. The second kappa shape index (κ2) is 6.89. The number of anilines is 1. The average molecular weight is 316 g/mol. The molecule has 1 atom stereocenters. The molecule has 1 aliphatic rings. The Balaban J connectivity index is 1.73. The summed E-state index contributed by atoms with van der Waals surface area (Å²) in [6, 6.07) is 4.92. The second-order valence-electron chi connectivity index (χ2n) is 5.76. The quantitative estimate of drug-likeness (QED) is 0.868. The Morgan fingerprint density at radius 3 is 3.04 bits per heavy atom. The molecule has 0 aromatic carbocycles. The van der Waals surface area contributed by atoms with Crippen molar-refractivity contribution in [1.82, 2.24) is 15.0 Å². The fraction of sp³-hybridized carbons (Fsp3) is 0.471. The van der Waals surface area contributed by atoms with Crippen molar-refractivity contribution in [3.63, 3.8) is 0 Å². The summed E-state index contributed by atoms with van der Waals surface area (Å²) in [6.45, 7) is 5.62. The van der Waals surface area contributed by atoms with Gasteiger partial charge in [-0.15, -0.1) is 0 Å². The van der Waals surface area contributed by atoms with Crippen LogP contribution in [-0.2, 0) is 6.42 Å². The molecule has 0 aliphatic carbocycles. The van der Waals surface area contributed by atoms with Crippen molar-refractivity contribution in [3.05, 3.63) is 41.7 Å². The van der Waals surface area contributed by atoms with Gasteiger partial charge in [-0.1, -0.05) is 6.92 Å². The van der Waals surface area contributed by atoms with Crippen LogP contribution in [0, 0.1) is 12.7 Å². The van der Waals surface area contributed by atoms with E-state index in [-0.39, 0.29) is 12.0 Å². The predicted octanol–water partition coefficient (Wildman–Crippen LogP) is 2.93. The zero-order chi connectivity index (χ0) is 16.2. The lowest BCUT2D eigenvalue weighted by atomic mass is 10.1. The number of nitrogens with zero attached hydrogens (tertiary/aromatic N) is 4. The number of rotatable bonds is 4. The first-order valence-electron chi connectivity index (χ1n) is 8.02. The van der Waals surface area contributed by atoms with Crippen LogP contribution in [0.4, 0.5) is 10.2 Å². The van der Waals surface area contributed by atoms with Crippen LogP contribution in [0.25, 0.3) is 0 Å². The first kappa shape index (κ1) is 15.6. The van der Waals surface area contributed by atoms with Crippen LogP contribution in [0.2, 0.25) is 0 Å². The van der Waals surface area contributed by atoms with Gasteiger partial charge in [-0.25, -0.2) is 19.3 Å². The molecular formula is C17H21FN4O. The Kier molecular flexibility index (Phi) is 4.69. The third-order valence-corrected chi connectivity index (χ3v) is 3.91. The van der Waals surface area contributed by atoms with Crippen molar-refractivity contribution in [3.8, 4) is 5.88 Å². The summed E-state index contributed by atoms with van der Waals surface area (Å²) in [5.74, 6) is 1.42. The van der Waals surface area contributed by atoms with Crippen LogP contribution < -0.4 is 9.64 Å². The van der Waals surface area contributed by atoms with Crippen LogP contribution in [0.15, 0.2) is 24.4 Å². The number of aryl methyl sites for hydroxylation is 2. The summed E-state index contributed by atoms with van der Waals surface area (Å²) in [7, 11) is 0.